The lowest BCUT2D eigenvalue weighted by Crippen LogP contribution is -2.24. The van der Waals surface area contributed by atoms with E-state index in [-0.39, 0.29) is 0 Å². The quantitative estimate of drug-likeness (QED) is 0.696. The lowest BCUT2D eigenvalue weighted by atomic mass is 10.4. The van der Waals surface area contributed by atoms with Crippen LogP contribution in [0.2, 0.25) is 0 Å². The molecule has 0 aliphatic carbocycles. The van der Waals surface area contributed by atoms with Crippen LogP contribution in [0.5, 0.6) is 0 Å². The molecule has 1 saturated heterocycles. The summed E-state index contributed by atoms with van der Waals surface area (Å²) in [4.78, 5) is 0. The number of hydrogen-bond acceptors (Lipinski definition) is 3. The molecule has 60 valence electrons. The Hall–Kier alpha value is -0.410. The first-order valence-electron chi connectivity index (χ1n) is 3.85. The van der Waals surface area contributed by atoms with Gasteiger partial charge in [0.15, 0.2) is 0 Å². The second-order valence-corrected chi connectivity index (χ2v) is 3.79. The summed E-state index contributed by atoms with van der Waals surface area (Å²) in [6, 6.07) is 3.96. The van der Waals surface area contributed by atoms with E-state index in [9.17, 15) is 0 Å². The predicted octanol–water partition coefficient (Wildman–Crippen LogP) is 2.00. The highest BCUT2D eigenvalue weighted by atomic mass is 32.2. The van der Waals surface area contributed by atoms with Gasteiger partial charge in [0.25, 0.3) is 0 Å². The Morgan fingerprint density at radius 1 is 1.64 bits per heavy atom. The van der Waals surface area contributed by atoms with Crippen LogP contribution in [-0.2, 0) is 0 Å². The summed E-state index contributed by atoms with van der Waals surface area (Å²) >= 11 is 1.92. The van der Waals surface area contributed by atoms with Gasteiger partial charge in [-0.1, -0.05) is 0 Å². The molecule has 0 amide bonds. The van der Waals surface area contributed by atoms with Crippen LogP contribution in [0.3, 0.4) is 0 Å². The van der Waals surface area contributed by atoms with Gasteiger partial charge >= 0.3 is 0 Å². The van der Waals surface area contributed by atoms with Crippen molar-refractivity contribution in [3.63, 3.8) is 0 Å². The van der Waals surface area contributed by atoms with Gasteiger partial charge in [-0.05, 0) is 30.9 Å². The second kappa shape index (κ2) is 3.32. The van der Waals surface area contributed by atoms with Gasteiger partial charge in [0.2, 0.25) is 0 Å². The zero-order chi connectivity index (χ0) is 7.52. The van der Waals surface area contributed by atoms with Crippen molar-refractivity contribution < 1.29 is 4.42 Å². The van der Waals surface area contributed by atoms with Crippen LogP contribution < -0.4 is 5.32 Å². The molecular weight excluding hydrogens is 158 g/mol. The average molecular weight is 169 g/mol. The van der Waals surface area contributed by atoms with E-state index in [2.05, 4.69) is 5.32 Å². The van der Waals surface area contributed by atoms with Crippen LogP contribution in [0.1, 0.15) is 17.6 Å². The smallest absolute Gasteiger partial charge is 0.130 e. The molecule has 3 heteroatoms. The van der Waals surface area contributed by atoms with Crippen molar-refractivity contribution in [1.29, 1.82) is 0 Å². The zero-order valence-electron chi connectivity index (χ0n) is 6.25. The van der Waals surface area contributed by atoms with E-state index < -0.39 is 0 Å². The summed E-state index contributed by atoms with van der Waals surface area (Å²) in [6.45, 7) is 1.11. The number of rotatable bonds is 1. The summed E-state index contributed by atoms with van der Waals surface area (Å²) in [5, 5.41) is 3.78. The molecule has 1 atom stereocenters. The van der Waals surface area contributed by atoms with E-state index in [1.54, 1.807) is 6.26 Å². The molecule has 1 aliphatic heterocycles. The van der Waals surface area contributed by atoms with Crippen molar-refractivity contribution in [2.45, 2.75) is 11.8 Å². The third kappa shape index (κ3) is 1.60. The van der Waals surface area contributed by atoms with Gasteiger partial charge in [0.1, 0.15) is 11.1 Å². The Balaban J connectivity index is 2.04. The van der Waals surface area contributed by atoms with Crippen LogP contribution in [0.15, 0.2) is 22.8 Å². The Labute approximate surface area is 70.4 Å². The van der Waals surface area contributed by atoms with Crippen molar-refractivity contribution in [2.24, 2.45) is 0 Å². The molecule has 1 aromatic heterocycles. The van der Waals surface area contributed by atoms with Crippen LogP contribution in [0, 0.1) is 0 Å². The third-order valence-electron chi connectivity index (χ3n) is 1.74. The molecule has 2 nitrogen and oxygen atoms in total. The molecule has 1 fully saturated rings. The summed E-state index contributed by atoms with van der Waals surface area (Å²) in [5.74, 6) is 2.29. The normalized spacial score (nSPS) is 25.3. The van der Waals surface area contributed by atoms with Crippen molar-refractivity contribution in [3.8, 4) is 0 Å². The first kappa shape index (κ1) is 7.25. The number of hydrogen-bond donors (Lipinski definition) is 1. The largest absolute Gasteiger partial charge is 0.467 e. The van der Waals surface area contributed by atoms with E-state index in [1.165, 1.54) is 12.2 Å². The molecule has 2 heterocycles. The summed E-state index contributed by atoms with van der Waals surface area (Å²) in [6.07, 6.45) is 2.99. The average Bonchev–Trinajstić information content (AvgIpc) is 2.58. The predicted molar refractivity (Wildman–Crippen MR) is 46.5 cm³/mol. The summed E-state index contributed by atoms with van der Waals surface area (Å²) in [7, 11) is 0. The molecule has 1 aromatic rings. The van der Waals surface area contributed by atoms with E-state index >= 15 is 0 Å². The van der Waals surface area contributed by atoms with Gasteiger partial charge in [-0.3, -0.25) is 5.32 Å². The molecule has 0 aromatic carbocycles. The van der Waals surface area contributed by atoms with Crippen molar-refractivity contribution in [1.82, 2.24) is 5.32 Å². The van der Waals surface area contributed by atoms with Gasteiger partial charge in [0.05, 0.1) is 6.26 Å². The summed E-state index contributed by atoms with van der Waals surface area (Å²) < 4.78 is 5.29. The van der Waals surface area contributed by atoms with Crippen molar-refractivity contribution in [2.75, 3.05) is 12.3 Å². The highest BCUT2D eigenvalue weighted by molar-refractivity contribution is 7.99. The molecular formula is C8H11NOS. The Kier molecular flexibility index (Phi) is 2.19. The van der Waals surface area contributed by atoms with E-state index in [1.807, 2.05) is 23.9 Å². The van der Waals surface area contributed by atoms with Gasteiger partial charge in [-0.15, -0.1) is 11.8 Å². The fourth-order valence-electron chi connectivity index (χ4n) is 1.19. The Morgan fingerprint density at radius 3 is 3.27 bits per heavy atom. The van der Waals surface area contributed by atoms with Crippen molar-refractivity contribution >= 4 is 11.8 Å². The fourth-order valence-corrected chi connectivity index (χ4v) is 2.27. The second-order valence-electron chi connectivity index (χ2n) is 2.57. The first-order valence-corrected chi connectivity index (χ1v) is 4.90. The van der Waals surface area contributed by atoms with E-state index in [4.69, 9.17) is 4.42 Å². The lowest BCUT2D eigenvalue weighted by molar-refractivity contribution is 0.472. The molecule has 0 radical (unpaired) electrons. The maximum Gasteiger partial charge on any atom is 0.130 e. The number of furan rings is 1. The third-order valence-corrected chi connectivity index (χ3v) is 2.99. The topological polar surface area (TPSA) is 25.2 Å². The van der Waals surface area contributed by atoms with Gasteiger partial charge in [-0.2, -0.15) is 0 Å². The molecule has 0 spiro atoms. The monoisotopic (exact) mass is 169 g/mol. The molecule has 1 N–H and O–H groups in total. The fraction of sp³-hybridized carbons (Fsp3) is 0.500. The minimum absolute atomic E-state index is 0.388. The summed E-state index contributed by atoms with van der Waals surface area (Å²) in [5.41, 5.74) is 0. The molecule has 1 aliphatic rings. The van der Waals surface area contributed by atoms with Crippen LogP contribution in [-0.4, -0.2) is 12.3 Å². The standard InChI is InChI=1S/C8H11NOS/c1-3-7(10-5-1)8-9-4-2-6-11-8/h1,3,5,8-9H,2,4,6H2. The molecule has 11 heavy (non-hydrogen) atoms. The lowest BCUT2D eigenvalue weighted by Gasteiger charge is -2.20. The molecule has 0 saturated carbocycles. The molecule has 2 rings (SSSR count). The highest BCUT2D eigenvalue weighted by Crippen LogP contribution is 2.29. The molecule has 0 bridgehead atoms. The molecule has 1 unspecified atom stereocenters. The van der Waals surface area contributed by atoms with Gasteiger partial charge < -0.3 is 4.42 Å². The Morgan fingerprint density at radius 2 is 2.64 bits per heavy atom. The maximum atomic E-state index is 5.29. The number of nitrogens with one attached hydrogen (secondary N) is 1. The zero-order valence-corrected chi connectivity index (χ0v) is 7.06. The maximum absolute atomic E-state index is 5.29. The number of thioether (sulfide) groups is 1. The van der Waals surface area contributed by atoms with E-state index in [0.717, 1.165) is 12.3 Å². The van der Waals surface area contributed by atoms with Crippen molar-refractivity contribution in [3.05, 3.63) is 24.2 Å². The van der Waals surface area contributed by atoms with Gasteiger partial charge in [0, 0.05) is 0 Å². The first-order chi connectivity index (χ1) is 5.47. The highest BCUT2D eigenvalue weighted by Gasteiger charge is 2.16. The van der Waals surface area contributed by atoms with Crippen LogP contribution in [0.4, 0.5) is 0 Å². The SMILES string of the molecule is c1coc(C2NCCCS2)c1. The minimum atomic E-state index is 0.388. The Bertz CT molecular complexity index is 204. The van der Waals surface area contributed by atoms with E-state index in [0.29, 0.717) is 5.37 Å². The van der Waals surface area contributed by atoms with Gasteiger partial charge in [-0.25, -0.2) is 0 Å². The van der Waals surface area contributed by atoms with Crippen LogP contribution >= 0.6 is 11.8 Å². The van der Waals surface area contributed by atoms with Crippen LogP contribution in [0.25, 0.3) is 0 Å². The minimum Gasteiger partial charge on any atom is -0.467 e.